The molecule has 0 atom stereocenters. The summed E-state index contributed by atoms with van der Waals surface area (Å²) in [6, 6.07) is 1.73. The van der Waals surface area contributed by atoms with Gasteiger partial charge in [-0.2, -0.15) is 0 Å². The fraction of sp³-hybridized carbons (Fsp3) is 0.600. The van der Waals surface area contributed by atoms with Gasteiger partial charge in [0.2, 0.25) is 0 Å². The highest BCUT2D eigenvalue weighted by molar-refractivity contribution is 6.29. The van der Waals surface area contributed by atoms with Crippen molar-refractivity contribution >= 4 is 17.4 Å². The van der Waals surface area contributed by atoms with Crippen LogP contribution in [0.3, 0.4) is 0 Å². The van der Waals surface area contributed by atoms with E-state index in [9.17, 15) is 0 Å². The van der Waals surface area contributed by atoms with Gasteiger partial charge in [-0.25, -0.2) is 9.97 Å². The van der Waals surface area contributed by atoms with Gasteiger partial charge in [0.1, 0.15) is 17.3 Å². The molecule has 0 unspecified atom stereocenters. The van der Waals surface area contributed by atoms with Crippen LogP contribution < -0.4 is 4.90 Å². The second kappa shape index (κ2) is 5.88. The molecule has 0 saturated heterocycles. The van der Waals surface area contributed by atoms with Gasteiger partial charge in [-0.05, 0) is 13.8 Å². The molecule has 5 heteroatoms. The van der Waals surface area contributed by atoms with E-state index >= 15 is 0 Å². The number of anilines is 1. The molecule has 1 heterocycles. The van der Waals surface area contributed by atoms with Crippen molar-refractivity contribution in [3.8, 4) is 0 Å². The summed E-state index contributed by atoms with van der Waals surface area (Å²) < 4.78 is 5.45. The molecule has 0 amide bonds. The van der Waals surface area contributed by atoms with Crippen molar-refractivity contribution in [2.75, 3.05) is 25.1 Å². The van der Waals surface area contributed by atoms with Crippen molar-refractivity contribution in [2.45, 2.75) is 20.0 Å². The average molecular weight is 230 g/mol. The molecule has 1 rings (SSSR count). The smallest absolute Gasteiger partial charge is 0.134 e. The summed E-state index contributed by atoms with van der Waals surface area (Å²) in [5.74, 6) is 0.808. The highest BCUT2D eigenvalue weighted by Gasteiger charge is 2.03. The third-order valence-corrected chi connectivity index (χ3v) is 2.09. The van der Waals surface area contributed by atoms with Gasteiger partial charge in [0, 0.05) is 19.7 Å². The number of likely N-dealkylation sites (N-methyl/N-ethyl adjacent to an activating group) is 1. The maximum absolute atomic E-state index is 5.76. The van der Waals surface area contributed by atoms with Crippen molar-refractivity contribution in [3.63, 3.8) is 0 Å². The van der Waals surface area contributed by atoms with Gasteiger partial charge in [0.15, 0.2) is 0 Å². The Morgan fingerprint density at radius 1 is 1.47 bits per heavy atom. The van der Waals surface area contributed by atoms with Gasteiger partial charge < -0.3 is 9.64 Å². The lowest BCUT2D eigenvalue weighted by Gasteiger charge is -2.18. The third kappa shape index (κ3) is 4.44. The molecule has 0 N–H and O–H groups in total. The predicted molar refractivity (Wildman–Crippen MR) is 61.4 cm³/mol. The van der Waals surface area contributed by atoms with Gasteiger partial charge in [0.05, 0.1) is 12.7 Å². The summed E-state index contributed by atoms with van der Waals surface area (Å²) >= 11 is 5.76. The van der Waals surface area contributed by atoms with Crippen LogP contribution in [-0.2, 0) is 4.74 Å². The van der Waals surface area contributed by atoms with Gasteiger partial charge in [0.25, 0.3) is 0 Å². The molecule has 0 aliphatic heterocycles. The van der Waals surface area contributed by atoms with E-state index in [0.29, 0.717) is 11.8 Å². The number of hydrogen-bond acceptors (Lipinski definition) is 4. The Bertz CT molecular complexity index is 306. The molecule has 0 radical (unpaired) electrons. The number of halogens is 1. The van der Waals surface area contributed by atoms with E-state index in [2.05, 4.69) is 9.97 Å². The van der Waals surface area contributed by atoms with Crippen LogP contribution in [0.15, 0.2) is 12.4 Å². The number of hydrogen-bond donors (Lipinski definition) is 0. The Labute approximate surface area is 95.2 Å². The van der Waals surface area contributed by atoms with Crippen LogP contribution in [0.5, 0.6) is 0 Å². The molecule has 1 aromatic rings. The van der Waals surface area contributed by atoms with Gasteiger partial charge in [-0.15, -0.1) is 0 Å². The molecular weight excluding hydrogens is 214 g/mol. The summed E-state index contributed by atoms with van der Waals surface area (Å²) in [7, 11) is 1.95. The first-order valence-corrected chi connectivity index (χ1v) is 5.27. The molecule has 4 nitrogen and oxygen atoms in total. The van der Waals surface area contributed by atoms with Crippen LogP contribution in [-0.4, -0.2) is 36.3 Å². The van der Waals surface area contributed by atoms with Crippen molar-refractivity contribution in [1.82, 2.24) is 9.97 Å². The zero-order valence-electron chi connectivity index (χ0n) is 9.27. The van der Waals surface area contributed by atoms with E-state index in [4.69, 9.17) is 16.3 Å². The van der Waals surface area contributed by atoms with Crippen molar-refractivity contribution < 1.29 is 4.74 Å². The molecule has 0 aromatic carbocycles. The zero-order valence-corrected chi connectivity index (χ0v) is 10.0. The molecule has 84 valence electrons. The first kappa shape index (κ1) is 12.2. The molecule has 0 bridgehead atoms. The minimum absolute atomic E-state index is 0.257. The molecule has 0 fully saturated rings. The second-order valence-electron chi connectivity index (χ2n) is 3.54. The molecule has 1 aromatic heterocycles. The number of rotatable bonds is 5. The molecular formula is C10H16ClN3O. The Hall–Kier alpha value is -0.870. The quantitative estimate of drug-likeness (QED) is 0.724. The van der Waals surface area contributed by atoms with E-state index in [1.165, 1.54) is 6.33 Å². The second-order valence-corrected chi connectivity index (χ2v) is 3.93. The largest absolute Gasteiger partial charge is 0.377 e. The number of ether oxygens (including phenoxy) is 1. The first-order valence-electron chi connectivity index (χ1n) is 4.90. The van der Waals surface area contributed by atoms with Crippen LogP contribution in [0.25, 0.3) is 0 Å². The summed E-state index contributed by atoms with van der Waals surface area (Å²) in [6.45, 7) is 5.49. The van der Waals surface area contributed by atoms with Crippen molar-refractivity contribution in [1.29, 1.82) is 0 Å². The van der Waals surface area contributed by atoms with Crippen molar-refractivity contribution in [3.05, 3.63) is 17.5 Å². The topological polar surface area (TPSA) is 38.2 Å². The minimum Gasteiger partial charge on any atom is -0.377 e. The van der Waals surface area contributed by atoms with Crippen LogP contribution in [0.1, 0.15) is 13.8 Å². The van der Waals surface area contributed by atoms with E-state index in [1.54, 1.807) is 6.07 Å². The summed E-state index contributed by atoms with van der Waals surface area (Å²) in [5.41, 5.74) is 0. The fourth-order valence-corrected chi connectivity index (χ4v) is 1.21. The van der Waals surface area contributed by atoms with E-state index < -0.39 is 0 Å². The van der Waals surface area contributed by atoms with Crippen LogP contribution in [0.2, 0.25) is 5.15 Å². The number of aromatic nitrogens is 2. The normalized spacial score (nSPS) is 10.7. The fourth-order valence-electron chi connectivity index (χ4n) is 1.07. The Morgan fingerprint density at radius 3 is 2.80 bits per heavy atom. The third-order valence-electron chi connectivity index (χ3n) is 1.89. The van der Waals surface area contributed by atoms with Gasteiger partial charge in [-0.3, -0.25) is 0 Å². The van der Waals surface area contributed by atoms with E-state index in [0.717, 1.165) is 12.4 Å². The SMILES string of the molecule is CC(C)OCCN(C)c1cc(Cl)ncn1. The van der Waals surface area contributed by atoms with Gasteiger partial charge in [-0.1, -0.05) is 11.6 Å². The van der Waals surface area contributed by atoms with E-state index in [1.807, 2.05) is 25.8 Å². The summed E-state index contributed by atoms with van der Waals surface area (Å²) in [5, 5.41) is 0.455. The monoisotopic (exact) mass is 229 g/mol. The lowest BCUT2D eigenvalue weighted by molar-refractivity contribution is 0.0845. The van der Waals surface area contributed by atoms with Crippen LogP contribution in [0.4, 0.5) is 5.82 Å². The van der Waals surface area contributed by atoms with Crippen LogP contribution >= 0.6 is 11.6 Å². The van der Waals surface area contributed by atoms with Gasteiger partial charge >= 0.3 is 0 Å². The standard InChI is InChI=1S/C10H16ClN3O/c1-8(2)15-5-4-14(3)10-6-9(11)12-7-13-10/h6-8H,4-5H2,1-3H3. The molecule has 15 heavy (non-hydrogen) atoms. The summed E-state index contributed by atoms with van der Waals surface area (Å²) in [6.07, 6.45) is 1.71. The lowest BCUT2D eigenvalue weighted by atomic mass is 10.4. The highest BCUT2D eigenvalue weighted by Crippen LogP contribution is 2.12. The molecule has 0 saturated carbocycles. The first-order chi connectivity index (χ1) is 7.09. The lowest BCUT2D eigenvalue weighted by Crippen LogP contribution is -2.24. The predicted octanol–water partition coefficient (Wildman–Crippen LogP) is 1.99. The highest BCUT2D eigenvalue weighted by atomic mass is 35.5. The minimum atomic E-state index is 0.257. The summed E-state index contributed by atoms with van der Waals surface area (Å²) in [4.78, 5) is 9.92. The molecule has 0 aliphatic rings. The van der Waals surface area contributed by atoms with E-state index in [-0.39, 0.29) is 6.10 Å². The average Bonchev–Trinajstić information content (AvgIpc) is 2.17. The molecule has 0 spiro atoms. The zero-order chi connectivity index (χ0) is 11.3. The Morgan fingerprint density at radius 2 is 2.20 bits per heavy atom. The van der Waals surface area contributed by atoms with Crippen molar-refractivity contribution in [2.24, 2.45) is 0 Å². The van der Waals surface area contributed by atoms with Crippen LogP contribution in [0, 0.1) is 0 Å². The number of nitrogens with zero attached hydrogens (tertiary/aromatic N) is 3. The maximum atomic E-state index is 5.76. The molecule has 0 aliphatic carbocycles. The Balaban J connectivity index is 2.43. The Kier molecular flexibility index (Phi) is 4.78. The maximum Gasteiger partial charge on any atom is 0.134 e.